The minimum atomic E-state index is -1.45. The number of nitrogens with one attached hydrogen (secondary N) is 2. The first-order valence-electron chi connectivity index (χ1n) is 6.54. The van der Waals surface area contributed by atoms with Crippen LogP contribution < -0.4 is 10.6 Å². The van der Waals surface area contributed by atoms with E-state index < -0.39 is 24.9 Å². The van der Waals surface area contributed by atoms with Crippen LogP contribution in [0.1, 0.15) is 25.7 Å². The van der Waals surface area contributed by atoms with E-state index in [1.54, 1.807) is 0 Å². The Morgan fingerprint density at radius 1 is 1.05 bits per heavy atom. The Balaban J connectivity index is 3.72. The van der Waals surface area contributed by atoms with Gasteiger partial charge in [-0.3, -0.25) is 9.59 Å². The summed E-state index contributed by atoms with van der Waals surface area (Å²) in [6.45, 7) is -0.515. The minimum Gasteiger partial charge on any atom is -0.394 e. The van der Waals surface area contributed by atoms with Crippen LogP contribution in [-0.4, -0.2) is 70.8 Å². The van der Waals surface area contributed by atoms with Crippen molar-refractivity contribution in [2.24, 2.45) is 0 Å². The zero-order valence-corrected chi connectivity index (χ0v) is 11.6. The quantitative estimate of drug-likeness (QED) is 0.263. The Bertz CT molecular complexity index is 300. The second-order valence-electron chi connectivity index (χ2n) is 4.47. The van der Waals surface area contributed by atoms with Gasteiger partial charge >= 0.3 is 0 Å². The molecule has 20 heavy (non-hydrogen) atoms. The van der Waals surface area contributed by atoms with Crippen molar-refractivity contribution in [3.8, 4) is 0 Å². The first kappa shape index (κ1) is 18.8. The molecular formula is C12H24N2O6. The maximum Gasteiger partial charge on any atom is 0.220 e. The maximum absolute atomic E-state index is 11.4. The first-order chi connectivity index (χ1) is 9.42. The van der Waals surface area contributed by atoms with Crippen LogP contribution in [0.15, 0.2) is 0 Å². The van der Waals surface area contributed by atoms with Gasteiger partial charge in [-0.2, -0.15) is 0 Å². The van der Waals surface area contributed by atoms with Crippen LogP contribution in [0.4, 0.5) is 0 Å². The van der Waals surface area contributed by atoms with Gasteiger partial charge in [-0.05, 0) is 12.8 Å². The molecule has 0 aromatic heterocycles. The molecule has 0 unspecified atom stereocenters. The molecule has 8 heteroatoms. The predicted molar refractivity (Wildman–Crippen MR) is 70.7 cm³/mol. The first-order valence-corrected chi connectivity index (χ1v) is 6.54. The molecule has 0 aromatic rings. The van der Waals surface area contributed by atoms with E-state index in [-0.39, 0.29) is 37.6 Å². The molecule has 0 aromatic carbocycles. The lowest BCUT2D eigenvalue weighted by atomic mass is 10.1. The molecule has 0 aliphatic carbocycles. The number of aliphatic hydroxyl groups is 4. The highest BCUT2D eigenvalue weighted by Crippen LogP contribution is 2.03. The molecule has 0 saturated carbocycles. The molecular weight excluding hydrogens is 268 g/mol. The van der Waals surface area contributed by atoms with Gasteiger partial charge in [-0.15, -0.1) is 0 Å². The second-order valence-corrected chi connectivity index (χ2v) is 4.47. The molecule has 0 aliphatic rings. The van der Waals surface area contributed by atoms with Crippen molar-refractivity contribution in [2.45, 2.75) is 44.0 Å². The fourth-order valence-corrected chi connectivity index (χ4v) is 1.52. The Labute approximate surface area is 117 Å². The number of rotatable bonds is 10. The molecule has 0 aliphatic heterocycles. The molecule has 8 nitrogen and oxygen atoms in total. The molecule has 3 atom stereocenters. The SMILES string of the molecule is CNC(=O)CCCC(=O)NCC[C@@H](O)[C@H](O)[C@H](O)CO. The summed E-state index contributed by atoms with van der Waals surface area (Å²) in [7, 11) is 1.52. The van der Waals surface area contributed by atoms with Crippen molar-refractivity contribution >= 4 is 11.8 Å². The van der Waals surface area contributed by atoms with Gasteiger partial charge in [-0.25, -0.2) is 0 Å². The summed E-state index contributed by atoms with van der Waals surface area (Å²) in [5, 5.41) is 41.6. The molecule has 0 heterocycles. The molecule has 0 saturated heterocycles. The number of amides is 2. The third kappa shape index (κ3) is 8.05. The van der Waals surface area contributed by atoms with Crippen molar-refractivity contribution in [1.82, 2.24) is 10.6 Å². The maximum atomic E-state index is 11.4. The van der Waals surface area contributed by atoms with Crippen molar-refractivity contribution in [3.63, 3.8) is 0 Å². The average Bonchev–Trinajstić information content (AvgIpc) is 2.45. The third-order valence-electron chi connectivity index (χ3n) is 2.82. The van der Waals surface area contributed by atoms with E-state index in [0.29, 0.717) is 6.42 Å². The van der Waals surface area contributed by atoms with E-state index in [1.165, 1.54) is 7.05 Å². The number of carbonyl (C=O) groups excluding carboxylic acids is 2. The van der Waals surface area contributed by atoms with E-state index in [2.05, 4.69) is 10.6 Å². The molecule has 2 amide bonds. The summed E-state index contributed by atoms with van der Waals surface area (Å²) in [6.07, 6.45) is -3.14. The molecule has 0 spiro atoms. The molecule has 6 N–H and O–H groups in total. The van der Waals surface area contributed by atoms with E-state index in [9.17, 15) is 19.8 Å². The summed E-state index contributed by atoms with van der Waals surface area (Å²) < 4.78 is 0. The lowest BCUT2D eigenvalue weighted by Crippen LogP contribution is -2.41. The van der Waals surface area contributed by atoms with E-state index in [1.807, 2.05) is 0 Å². The van der Waals surface area contributed by atoms with Gasteiger partial charge in [0.05, 0.1) is 12.7 Å². The van der Waals surface area contributed by atoms with Crippen LogP contribution in [0.3, 0.4) is 0 Å². The summed E-state index contributed by atoms with van der Waals surface area (Å²) in [4.78, 5) is 22.3. The van der Waals surface area contributed by atoms with Crippen LogP contribution in [-0.2, 0) is 9.59 Å². The van der Waals surface area contributed by atoms with Crippen LogP contribution >= 0.6 is 0 Å². The van der Waals surface area contributed by atoms with Gasteiger partial charge in [0.2, 0.25) is 11.8 Å². The van der Waals surface area contributed by atoms with E-state index >= 15 is 0 Å². The van der Waals surface area contributed by atoms with Gasteiger partial charge < -0.3 is 31.1 Å². The number of aliphatic hydroxyl groups excluding tert-OH is 4. The number of hydrogen-bond acceptors (Lipinski definition) is 6. The monoisotopic (exact) mass is 292 g/mol. The Morgan fingerprint density at radius 3 is 2.20 bits per heavy atom. The standard InChI is InChI=1S/C12H24N2O6/c1-13-10(18)3-2-4-11(19)14-6-5-8(16)12(20)9(17)7-15/h8-9,12,15-17,20H,2-7H2,1H3,(H,13,18)(H,14,19)/t8-,9-,12+/m1/s1. The predicted octanol–water partition coefficient (Wildman–Crippen LogP) is -2.52. The average molecular weight is 292 g/mol. The molecule has 118 valence electrons. The van der Waals surface area contributed by atoms with Crippen LogP contribution in [0.2, 0.25) is 0 Å². The molecule has 0 rings (SSSR count). The third-order valence-corrected chi connectivity index (χ3v) is 2.82. The Hall–Kier alpha value is -1.22. The minimum absolute atomic E-state index is 0.0550. The second kappa shape index (κ2) is 10.6. The largest absolute Gasteiger partial charge is 0.394 e. The van der Waals surface area contributed by atoms with Crippen LogP contribution in [0, 0.1) is 0 Å². The highest BCUT2D eigenvalue weighted by atomic mass is 16.4. The van der Waals surface area contributed by atoms with E-state index in [4.69, 9.17) is 10.2 Å². The van der Waals surface area contributed by atoms with Crippen LogP contribution in [0.5, 0.6) is 0 Å². The van der Waals surface area contributed by atoms with E-state index in [0.717, 1.165) is 0 Å². The highest BCUT2D eigenvalue weighted by Gasteiger charge is 2.23. The molecule has 0 bridgehead atoms. The van der Waals surface area contributed by atoms with Gasteiger partial charge in [-0.1, -0.05) is 0 Å². The Morgan fingerprint density at radius 2 is 1.65 bits per heavy atom. The summed E-state index contributed by atoms with van der Waals surface area (Å²) >= 11 is 0. The summed E-state index contributed by atoms with van der Waals surface area (Å²) in [5.41, 5.74) is 0. The van der Waals surface area contributed by atoms with Crippen molar-refractivity contribution in [1.29, 1.82) is 0 Å². The fraction of sp³-hybridized carbons (Fsp3) is 0.833. The van der Waals surface area contributed by atoms with Crippen molar-refractivity contribution < 1.29 is 30.0 Å². The highest BCUT2D eigenvalue weighted by molar-refractivity contribution is 5.78. The smallest absolute Gasteiger partial charge is 0.220 e. The molecule has 0 fully saturated rings. The van der Waals surface area contributed by atoms with Crippen molar-refractivity contribution in [2.75, 3.05) is 20.2 Å². The normalized spacial score (nSPS) is 15.2. The van der Waals surface area contributed by atoms with Gasteiger partial charge in [0.25, 0.3) is 0 Å². The topological polar surface area (TPSA) is 139 Å². The van der Waals surface area contributed by atoms with Gasteiger partial charge in [0, 0.05) is 26.4 Å². The zero-order valence-electron chi connectivity index (χ0n) is 11.6. The lowest BCUT2D eigenvalue weighted by Gasteiger charge is -2.21. The summed E-state index contributed by atoms with van der Waals surface area (Å²) in [6, 6.07) is 0. The number of hydrogen-bond donors (Lipinski definition) is 6. The van der Waals surface area contributed by atoms with Gasteiger partial charge in [0.1, 0.15) is 12.2 Å². The Kier molecular flexibility index (Phi) is 9.91. The zero-order chi connectivity index (χ0) is 15.5. The number of carbonyl (C=O) groups is 2. The lowest BCUT2D eigenvalue weighted by molar-refractivity contribution is -0.122. The fourth-order valence-electron chi connectivity index (χ4n) is 1.52. The van der Waals surface area contributed by atoms with Gasteiger partial charge in [0.15, 0.2) is 0 Å². The van der Waals surface area contributed by atoms with Crippen LogP contribution in [0.25, 0.3) is 0 Å². The summed E-state index contributed by atoms with van der Waals surface area (Å²) in [5.74, 6) is -0.382. The molecule has 0 radical (unpaired) electrons. The van der Waals surface area contributed by atoms with Crippen molar-refractivity contribution in [3.05, 3.63) is 0 Å².